The first-order valence-electron chi connectivity index (χ1n) is 9.28. The highest BCUT2D eigenvalue weighted by Gasteiger charge is 2.66. The van der Waals surface area contributed by atoms with E-state index in [1.165, 1.54) is 58.4 Å². The molecule has 2 aromatic rings. The fraction of sp³-hybridized carbons (Fsp3) is 0.389. The summed E-state index contributed by atoms with van der Waals surface area (Å²) in [6, 6.07) is 2.54. The molecule has 3 atom stereocenters. The van der Waals surface area contributed by atoms with Gasteiger partial charge in [0.25, 0.3) is 11.6 Å². The topological polar surface area (TPSA) is 148 Å². The number of β-lactam (4-membered cyclic amide) rings is 1. The van der Waals surface area contributed by atoms with Gasteiger partial charge in [-0.15, -0.1) is 23.1 Å². The summed E-state index contributed by atoms with van der Waals surface area (Å²) >= 11 is 5.27. The molecule has 2 unspecified atom stereocenters. The number of amides is 2. The number of carbonyl (C=O) groups excluding carboxylic acids is 2. The summed E-state index contributed by atoms with van der Waals surface area (Å²) in [5.74, 6) is -1.05. The first-order valence-corrected chi connectivity index (χ1v) is 13.0. The lowest BCUT2D eigenvalue weighted by Crippen LogP contribution is -2.81. The number of aromatic nitrogens is 2. The van der Waals surface area contributed by atoms with Crippen LogP contribution < -0.4 is 11.1 Å². The van der Waals surface area contributed by atoms with Gasteiger partial charge in [0, 0.05) is 23.5 Å². The smallest absolute Gasteiger partial charge is 0.352 e. The first kappa shape index (κ1) is 23.2. The lowest BCUT2D eigenvalue weighted by molar-refractivity contribution is -0.192. The van der Waals surface area contributed by atoms with Gasteiger partial charge in [-0.1, -0.05) is 17.8 Å². The van der Waals surface area contributed by atoms with Gasteiger partial charge in [0.15, 0.2) is 4.34 Å². The summed E-state index contributed by atoms with van der Waals surface area (Å²) in [4.78, 5) is 44.0. The van der Waals surface area contributed by atoms with Crippen molar-refractivity contribution in [1.29, 1.82) is 0 Å². The van der Waals surface area contributed by atoms with Crippen molar-refractivity contribution in [2.24, 2.45) is 5.73 Å². The average molecular weight is 514 g/mol. The lowest BCUT2D eigenvalue weighted by Gasteiger charge is -2.56. The number of nitrogens with two attached hydrogens (primary N) is 1. The molecule has 10 nitrogen and oxygen atoms in total. The highest BCUT2D eigenvalue weighted by atomic mass is 32.2. The number of aliphatic carboxylic acids is 1. The molecular weight excluding hydrogens is 494 g/mol. The fourth-order valence-electron chi connectivity index (χ4n) is 3.40. The van der Waals surface area contributed by atoms with Gasteiger partial charge in [-0.2, -0.15) is 4.37 Å². The maximum absolute atomic E-state index is 13.1. The average Bonchev–Trinajstić information content (AvgIpc) is 3.46. The van der Waals surface area contributed by atoms with Crippen molar-refractivity contribution in [2.75, 3.05) is 18.6 Å². The molecule has 2 aliphatic heterocycles. The van der Waals surface area contributed by atoms with E-state index in [1.807, 2.05) is 0 Å². The summed E-state index contributed by atoms with van der Waals surface area (Å²) in [5.41, 5.74) is 4.86. The van der Waals surface area contributed by atoms with Crippen molar-refractivity contribution in [1.82, 2.24) is 19.6 Å². The minimum Gasteiger partial charge on any atom is -0.477 e. The van der Waals surface area contributed by atoms with Crippen molar-refractivity contribution in [3.63, 3.8) is 0 Å². The van der Waals surface area contributed by atoms with Gasteiger partial charge in [-0.05, 0) is 35.5 Å². The molecule has 0 bridgehead atoms. The maximum atomic E-state index is 13.1. The third-order valence-electron chi connectivity index (χ3n) is 4.95. The summed E-state index contributed by atoms with van der Waals surface area (Å²) in [6.07, 6.45) is 0. The van der Waals surface area contributed by atoms with Crippen LogP contribution in [0.3, 0.4) is 0 Å². The molecule has 4 N–H and O–H groups in total. The van der Waals surface area contributed by atoms with Gasteiger partial charge >= 0.3 is 5.97 Å². The predicted molar refractivity (Wildman–Crippen MR) is 122 cm³/mol. The molecule has 0 saturated carbocycles. The number of aryl methyl sites for hydroxylation is 1. The zero-order chi connectivity index (χ0) is 23.0. The first-order chi connectivity index (χ1) is 15.3. The number of thioether (sulfide) groups is 2. The van der Waals surface area contributed by atoms with Crippen molar-refractivity contribution >= 4 is 64.2 Å². The standard InChI is InChI=1S/C18H19N5O5S4/c1-8-20-17(32-22-8)31-7-9-6-30-16-18(28-2,15(27)23(16)12(9)14(25)26)21-13(24)11(19)10-4-3-5-29-10/h3-5,11,16H,6-7,19H2,1-2H3,(H,21,24)(H,25,26)/t11?,16?,18-/m1/s1. The normalized spacial score (nSPS) is 23.5. The molecule has 170 valence electrons. The molecule has 4 rings (SSSR count). The Balaban J connectivity index is 1.54. The number of ether oxygens (including phenoxy) is 1. The van der Waals surface area contributed by atoms with E-state index in [0.29, 0.717) is 27.8 Å². The Morgan fingerprint density at radius 3 is 2.91 bits per heavy atom. The molecule has 0 spiro atoms. The van der Waals surface area contributed by atoms with E-state index in [4.69, 9.17) is 10.5 Å². The molecule has 2 amide bonds. The summed E-state index contributed by atoms with van der Waals surface area (Å²) in [6.45, 7) is 1.78. The Bertz CT molecular complexity index is 1090. The van der Waals surface area contributed by atoms with Gasteiger partial charge in [0.1, 0.15) is 22.9 Å². The van der Waals surface area contributed by atoms with E-state index in [9.17, 15) is 19.5 Å². The van der Waals surface area contributed by atoms with Gasteiger partial charge in [-0.3, -0.25) is 14.5 Å². The molecule has 0 radical (unpaired) electrons. The molecule has 14 heteroatoms. The largest absolute Gasteiger partial charge is 0.477 e. The molecule has 32 heavy (non-hydrogen) atoms. The van der Waals surface area contributed by atoms with Crippen LogP contribution >= 0.6 is 46.4 Å². The van der Waals surface area contributed by atoms with Crippen LogP contribution in [-0.2, 0) is 19.1 Å². The van der Waals surface area contributed by atoms with E-state index in [-0.39, 0.29) is 5.70 Å². The second kappa shape index (κ2) is 9.11. The van der Waals surface area contributed by atoms with Gasteiger partial charge < -0.3 is 20.9 Å². The molecular formula is C18H19N5O5S4. The number of hydrogen-bond acceptors (Lipinski definition) is 11. The van der Waals surface area contributed by atoms with Crippen molar-refractivity contribution < 1.29 is 24.2 Å². The minimum absolute atomic E-state index is 0.0861. The van der Waals surface area contributed by atoms with Crippen molar-refractivity contribution in [3.05, 3.63) is 39.5 Å². The number of thiophene rings is 1. The van der Waals surface area contributed by atoms with Crippen LogP contribution in [0.4, 0.5) is 0 Å². The molecule has 2 aliphatic rings. The molecule has 1 saturated heterocycles. The Morgan fingerprint density at radius 1 is 1.53 bits per heavy atom. The Labute approximate surface area is 199 Å². The van der Waals surface area contributed by atoms with Crippen LogP contribution in [0.5, 0.6) is 0 Å². The lowest BCUT2D eigenvalue weighted by atomic mass is 9.97. The van der Waals surface area contributed by atoms with E-state index in [0.717, 1.165) is 4.34 Å². The van der Waals surface area contributed by atoms with E-state index in [1.54, 1.807) is 24.4 Å². The summed E-state index contributed by atoms with van der Waals surface area (Å²) < 4.78 is 10.3. The SMILES string of the molecule is CO[C@]1(NC(=O)C(N)c2cccs2)C(=O)N2C(C(=O)O)=C(CSc3nc(C)ns3)CSC21. The second-order valence-electron chi connectivity index (χ2n) is 6.91. The van der Waals surface area contributed by atoms with Crippen molar-refractivity contribution in [2.45, 2.75) is 28.4 Å². The maximum Gasteiger partial charge on any atom is 0.352 e. The highest BCUT2D eigenvalue weighted by Crippen LogP contribution is 2.47. The minimum atomic E-state index is -1.67. The number of carboxylic acids is 1. The van der Waals surface area contributed by atoms with Crippen LogP contribution in [0.25, 0.3) is 0 Å². The van der Waals surface area contributed by atoms with Gasteiger partial charge in [0.05, 0.1) is 0 Å². The highest BCUT2D eigenvalue weighted by molar-refractivity contribution is 8.01. The molecule has 2 aromatic heterocycles. The molecule has 4 heterocycles. The Hall–Kier alpha value is -1.97. The number of carbonyl (C=O) groups is 3. The number of nitrogens with one attached hydrogen (secondary N) is 1. The third kappa shape index (κ3) is 3.95. The number of hydrogen-bond donors (Lipinski definition) is 3. The Kier molecular flexibility index (Phi) is 6.61. The molecule has 0 aliphatic carbocycles. The zero-order valence-electron chi connectivity index (χ0n) is 16.9. The number of nitrogens with zero attached hydrogens (tertiary/aromatic N) is 3. The monoisotopic (exact) mass is 513 g/mol. The number of rotatable bonds is 8. The number of carboxylic acid groups (broad SMARTS) is 1. The van der Waals surface area contributed by atoms with Crippen LogP contribution in [0.15, 0.2) is 33.1 Å². The van der Waals surface area contributed by atoms with Gasteiger partial charge in [-0.25, -0.2) is 9.78 Å². The number of fused-ring (bicyclic) bond motifs is 1. The molecule has 1 fully saturated rings. The number of methoxy groups -OCH3 is 1. The Morgan fingerprint density at radius 2 is 2.31 bits per heavy atom. The van der Waals surface area contributed by atoms with E-state index in [2.05, 4.69) is 14.7 Å². The zero-order valence-corrected chi connectivity index (χ0v) is 20.2. The van der Waals surface area contributed by atoms with Crippen LogP contribution in [0, 0.1) is 6.92 Å². The van der Waals surface area contributed by atoms with Crippen LogP contribution in [0.1, 0.15) is 16.7 Å². The third-order valence-corrected chi connectivity index (χ3v) is 9.29. The fourth-order valence-corrected chi connectivity index (χ4v) is 7.35. The van der Waals surface area contributed by atoms with Crippen molar-refractivity contribution in [3.8, 4) is 0 Å². The summed E-state index contributed by atoms with van der Waals surface area (Å²) in [5, 5.41) is 13.5. The molecule has 0 aromatic carbocycles. The van der Waals surface area contributed by atoms with Crippen LogP contribution in [0.2, 0.25) is 0 Å². The second-order valence-corrected chi connectivity index (χ2v) is 10.9. The quantitative estimate of drug-likeness (QED) is 0.269. The van der Waals surface area contributed by atoms with E-state index < -0.39 is 34.9 Å². The van der Waals surface area contributed by atoms with Crippen LogP contribution in [-0.4, -0.2) is 66.9 Å². The van der Waals surface area contributed by atoms with E-state index >= 15 is 0 Å². The predicted octanol–water partition coefficient (Wildman–Crippen LogP) is 1.41. The summed E-state index contributed by atoms with van der Waals surface area (Å²) in [7, 11) is 1.31. The van der Waals surface area contributed by atoms with Gasteiger partial charge in [0.2, 0.25) is 5.91 Å².